The molecule has 4 nitrogen and oxygen atoms in total. The number of nitrogens with zero attached hydrogens (tertiary/aromatic N) is 2. The van der Waals surface area contributed by atoms with Crippen molar-refractivity contribution in [3.63, 3.8) is 0 Å². The number of rotatable bonds is 4. The molecule has 0 aliphatic heterocycles. The molecule has 1 aliphatic carbocycles. The number of imidazole rings is 1. The Hall–Kier alpha value is -2.54. The second kappa shape index (κ2) is 8.54. The Bertz CT molecular complexity index is 1110. The van der Waals surface area contributed by atoms with Crippen LogP contribution in [0.4, 0.5) is 13.2 Å². The summed E-state index contributed by atoms with van der Waals surface area (Å²) in [6.45, 7) is 2.00. The maximum atomic E-state index is 13.4. The lowest BCUT2D eigenvalue weighted by Gasteiger charge is -2.26. The Morgan fingerprint density at radius 3 is 2.74 bits per heavy atom. The molecule has 1 aliphatic rings. The first kappa shape index (κ1) is 21.7. The van der Waals surface area contributed by atoms with Crippen LogP contribution < -0.4 is 0 Å². The molecule has 1 fully saturated rings. The number of fused-ring (bicyclic) bond motifs is 1. The number of hydrogen-bond acceptors (Lipinski definition) is 3. The summed E-state index contributed by atoms with van der Waals surface area (Å²) in [7, 11) is 0. The molecular weight excluding hydrogens is 429 g/mol. The summed E-state index contributed by atoms with van der Waals surface area (Å²) in [6.07, 6.45) is -0.913. The van der Waals surface area contributed by atoms with Gasteiger partial charge in [-0.05, 0) is 55.5 Å². The molecule has 164 valence electrons. The minimum atomic E-state index is -4.60. The van der Waals surface area contributed by atoms with Crippen LogP contribution in [-0.2, 0) is 22.3 Å². The first-order chi connectivity index (χ1) is 14.7. The predicted octanol–water partition coefficient (Wildman–Crippen LogP) is 6.50. The predicted molar refractivity (Wildman–Crippen MR) is 113 cm³/mol. The van der Waals surface area contributed by atoms with Crippen LogP contribution in [0.15, 0.2) is 42.5 Å². The summed E-state index contributed by atoms with van der Waals surface area (Å²) >= 11 is 5.77. The first-order valence-corrected chi connectivity index (χ1v) is 10.6. The number of alkyl halides is 3. The third kappa shape index (κ3) is 4.71. The Labute approximate surface area is 183 Å². The quantitative estimate of drug-likeness (QED) is 0.426. The van der Waals surface area contributed by atoms with E-state index in [0.29, 0.717) is 17.0 Å². The zero-order valence-corrected chi connectivity index (χ0v) is 17.7. The molecule has 31 heavy (non-hydrogen) atoms. The van der Waals surface area contributed by atoms with E-state index >= 15 is 0 Å². The molecule has 2 unspecified atom stereocenters. The maximum absolute atomic E-state index is 13.4. The highest BCUT2D eigenvalue weighted by atomic mass is 35.5. The van der Waals surface area contributed by atoms with Crippen LogP contribution in [0.25, 0.3) is 22.4 Å². The minimum Gasteiger partial charge on any atom is -0.461 e. The van der Waals surface area contributed by atoms with Crippen molar-refractivity contribution < 1.29 is 22.7 Å². The van der Waals surface area contributed by atoms with E-state index in [9.17, 15) is 18.0 Å². The van der Waals surface area contributed by atoms with Gasteiger partial charge >= 0.3 is 12.1 Å². The summed E-state index contributed by atoms with van der Waals surface area (Å²) in [5, 5.41) is -0.385. The van der Waals surface area contributed by atoms with Crippen LogP contribution in [-0.4, -0.2) is 21.6 Å². The third-order valence-corrected chi connectivity index (χ3v) is 5.99. The second-order valence-electron chi connectivity index (χ2n) is 8.09. The number of carbonyl (C=O) groups is 1. The highest BCUT2D eigenvalue weighted by Crippen LogP contribution is 2.37. The van der Waals surface area contributed by atoms with Gasteiger partial charge in [-0.1, -0.05) is 37.1 Å². The largest absolute Gasteiger partial charge is 0.461 e. The molecule has 1 saturated carbocycles. The molecule has 0 radical (unpaired) electrons. The van der Waals surface area contributed by atoms with Gasteiger partial charge in [0.2, 0.25) is 0 Å². The molecule has 8 heteroatoms. The van der Waals surface area contributed by atoms with Gasteiger partial charge in [0.05, 0.1) is 21.6 Å². The number of hydrogen-bond donors (Lipinski definition) is 0. The second-order valence-corrected chi connectivity index (χ2v) is 8.49. The monoisotopic (exact) mass is 450 g/mol. The lowest BCUT2D eigenvalue weighted by Crippen LogP contribution is -2.26. The zero-order valence-electron chi connectivity index (χ0n) is 17.0. The number of halogens is 4. The Balaban J connectivity index is 1.69. The van der Waals surface area contributed by atoms with Gasteiger partial charge in [-0.15, -0.1) is 0 Å². The number of aromatic nitrogens is 2. The topological polar surface area (TPSA) is 44.1 Å². The fraction of sp³-hybridized carbons (Fsp3) is 0.391. The fourth-order valence-electron chi connectivity index (χ4n) is 4.18. The first-order valence-electron chi connectivity index (χ1n) is 10.2. The van der Waals surface area contributed by atoms with Crippen LogP contribution in [0.3, 0.4) is 0 Å². The SMILES string of the molecule is CC1CCCC(OC(=O)Cn2c(-c3ccc(Cl)c(C(F)(F)F)c3)nc3ccccc32)C1. The van der Waals surface area contributed by atoms with Crippen molar-refractivity contribution in [3.05, 3.63) is 53.1 Å². The fourth-order valence-corrected chi connectivity index (χ4v) is 4.40. The van der Waals surface area contributed by atoms with Crippen molar-refractivity contribution in [2.24, 2.45) is 5.92 Å². The van der Waals surface area contributed by atoms with Crippen molar-refractivity contribution in [3.8, 4) is 11.4 Å². The lowest BCUT2D eigenvalue weighted by atomic mass is 9.89. The van der Waals surface area contributed by atoms with Gasteiger partial charge in [-0.25, -0.2) is 4.98 Å². The molecular formula is C23H22ClF3N2O2. The van der Waals surface area contributed by atoms with Crippen molar-refractivity contribution in [2.45, 2.75) is 51.4 Å². The number of benzene rings is 2. The molecule has 0 spiro atoms. The van der Waals surface area contributed by atoms with E-state index in [-0.39, 0.29) is 29.1 Å². The molecule has 1 aromatic heterocycles. The van der Waals surface area contributed by atoms with E-state index in [2.05, 4.69) is 11.9 Å². The molecule has 2 aromatic carbocycles. The van der Waals surface area contributed by atoms with E-state index in [1.807, 2.05) is 0 Å². The van der Waals surface area contributed by atoms with Gasteiger partial charge in [0, 0.05) is 5.56 Å². The van der Waals surface area contributed by atoms with Crippen LogP contribution in [0.2, 0.25) is 5.02 Å². The molecule has 0 N–H and O–H groups in total. The molecule has 0 amide bonds. The molecule has 3 aromatic rings. The van der Waals surface area contributed by atoms with E-state index in [4.69, 9.17) is 16.3 Å². The van der Waals surface area contributed by atoms with Crippen LogP contribution in [0.5, 0.6) is 0 Å². The van der Waals surface area contributed by atoms with Crippen molar-refractivity contribution in [1.82, 2.24) is 9.55 Å². The summed E-state index contributed by atoms with van der Waals surface area (Å²) in [6, 6.07) is 10.8. The smallest absolute Gasteiger partial charge is 0.417 e. The summed E-state index contributed by atoms with van der Waals surface area (Å²) < 4.78 is 47.4. The molecule has 0 bridgehead atoms. The highest BCUT2D eigenvalue weighted by molar-refractivity contribution is 6.31. The van der Waals surface area contributed by atoms with Gasteiger partial charge in [0.25, 0.3) is 0 Å². The number of carbonyl (C=O) groups excluding carboxylic acids is 1. The average Bonchev–Trinajstić information content (AvgIpc) is 3.06. The van der Waals surface area contributed by atoms with E-state index < -0.39 is 17.7 Å². The maximum Gasteiger partial charge on any atom is 0.417 e. The standard InChI is InChI=1S/C23H22ClF3N2O2/c1-14-5-4-6-16(11-14)31-21(30)13-29-20-8-3-2-7-19(20)28-22(29)15-9-10-18(24)17(12-15)23(25,26)27/h2-3,7-10,12,14,16H,4-6,11,13H2,1H3. The molecule has 1 heterocycles. The van der Waals surface area contributed by atoms with Crippen molar-refractivity contribution in [1.29, 1.82) is 0 Å². The Morgan fingerprint density at radius 2 is 2.00 bits per heavy atom. The number of para-hydroxylation sites is 2. The average molecular weight is 451 g/mol. The van der Waals surface area contributed by atoms with E-state index in [0.717, 1.165) is 31.7 Å². The Morgan fingerprint density at radius 1 is 1.23 bits per heavy atom. The van der Waals surface area contributed by atoms with Crippen molar-refractivity contribution >= 4 is 28.6 Å². The zero-order chi connectivity index (χ0) is 22.2. The van der Waals surface area contributed by atoms with Crippen LogP contribution in [0.1, 0.15) is 38.2 Å². The number of ether oxygens (including phenoxy) is 1. The normalized spacial score (nSPS) is 19.5. The van der Waals surface area contributed by atoms with Crippen molar-refractivity contribution in [2.75, 3.05) is 0 Å². The van der Waals surface area contributed by atoms with Gasteiger partial charge in [0.1, 0.15) is 18.5 Å². The third-order valence-electron chi connectivity index (χ3n) is 5.66. The van der Waals surface area contributed by atoms with Crippen LogP contribution >= 0.6 is 11.6 Å². The van der Waals surface area contributed by atoms with Gasteiger partial charge in [-0.2, -0.15) is 13.2 Å². The Kier molecular flexibility index (Phi) is 5.97. The van der Waals surface area contributed by atoms with E-state index in [1.165, 1.54) is 12.1 Å². The van der Waals surface area contributed by atoms with Crippen LogP contribution in [0, 0.1) is 5.92 Å². The lowest BCUT2D eigenvalue weighted by molar-refractivity contribution is -0.151. The molecule has 4 rings (SSSR count). The summed E-state index contributed by atoms with van der Waals surface area (Å²) in [5.41, 5.74) is 0.520. The molecule has 0 saturated heterocycles. The van der Waals surface area contributed by atoms with Gasteiger partial charge in [0.15, 0.2) is 0 Å². The van der Waals surface area contributed by atoms with E-state index in [1.54, 1.807) is 28.8 Å². The van der Waals surface area contributed by atoms with Gasteiger partial charge < -0.3 is 9.30 Å². The van der Waals surface area contributed by atoms with Gasteiger partial charge in [-0.3, -0.25) is 4.79 Å². The molecule has 2 atom stereocenters. The minimum absolute atomic E-state index is 0.123. The summed E-state index contributed by atoms with van der Waals surface area (Å²) in [4.78, 5) is 17.2. The highest BCUT2D eigenvalue weighted by Gasteiger charge is 2.34. The number of esters is 1. The summed E-state index contributed by atoms with van der Waals surface area (Å²) in [5.74, 6) is 0.344.